The first kappa shape index (κ1) is 22.8. The standard InChI is InChI=1S/C22H22FN3O3S2/c1-2-29-19-9-3-15(4-10-19)11-20(27)26-22-25-18(13-31-22)12-30-14-21(28)24-17-7-5-16(23)6-8-17/h3-10,13H,2,11-12,14H2,1H3,(H,24,28)(H,25,26,27). The van der Waals surface area contributed by atoms with Gasteiger partial charge in [0.05, 0.1) is 24.5 Å². The van der Waals surface area contributed by atoms with Crippen molar-refractivity contribution < 1.29 is 18.7 Å². The average Bonchev–Trinajstić information content (AvgIpc) is 3.18. The molecule has 0 radical (unpaired) electrons. The summed E-state index contributed by atoms with van der Waals surface area (Å²) < 4.78 is 18.3. The van der Waals surface area contributed by atoms with Gasteiger partial charge in [0, 0.05) is 16.8 Å². The van der Waals surface area contributed by atoms with Gasteiger partial charge in [-0.25, -0.2) is 9.37 Å². The van der Waals surface area contributed by atoms with Crippen LogP contribution in [0.25, 0.3) is 0 Å². The number of rotatable bonds is 10. The van der Waals surface area contributed by atoms with Crippen molar-refractivity contribution in [3.8, 4) is 5.75 Å². The maximum absolute atomic E-state index is 12.9. The lowest BCUT2D eigenvalue weighted by Crippen LogP contribution is -2.14. The third-order valence-electron chi connectivity index (χ3n) is 4.01. The molecule has 0 fully saturated rings. The second kappa shape index (κ2) is 11.5. The molecule has 0 saturated carbocycles. The van der Waals surface area contributed by atoms with Crippen LogP contribution in [-0.2, 0) is 21.8 Å². The van der Waals surface area contributed by atoms with E-state index in [1.807, 2.05) is 36.6 Å². The Hall–Kier alpha value is -2.91. The molecule has 0 aliphatic rings. The number of anilines is 2. The molecule has 2 aromatic carbocycles. The number of aromatic nitrogens is 1. The van der Waals surface area contributed by atoms with Crippen molar-refractivity contribution in [2.24, 2.45) is 0 Å². The summed E-state index contributed by atoms with van der Waals surface area (Å²) in [6.07, 6.45) is 0.250. The highest BCUT2D eigenvalue weighted by Gasteiger charge is 2.09. The summed E-state index contributed by atoms with van der Waals surface area (Å²) in [5, 5.41) is 7.90. The maximum Gasteiger partial charge on any atom is 0.234 e. The van der Waals surface area contributed by atoms with Gasteiger partial charge < -0.3 is 15.4 Å². The van der Waals surface area contributed by atoms with E-state index in [1.165, 1.54) is 47.4 Å². The SMILES string of the molecule is CCOc1ccc(CC(=O)Nc2nc(CSCC(=O)Nc3ccc(F)cc3)cs2)cc1. The predicted octanol–water partition coefficient (Wildman–Crippen LogP) is 4.73. The lowest BCUT2D eigenvalue weighted by Gasteiger charge is -2.05. The smallest absolute Gasteiger partial charge is 0.234 e. The van der Waals surface area contributed by atoms with Crippen LogP contribution in [0.1, 0.15) is 18.2 Å². The lowest BCUT2D eigenvalue weighted by molar-refractivity contribution is -0.115. The normalized spacial score (nSPS) is 10.5. The Morgan fingerprint density at radius 1 is 1.06 bits per heavy atom. The number of hydrogen-bond donors (Lipinski definition) is 2. The van der Waals surface area contributed by atoms with Crippen molar-refractivity contribution in [3.63, 3.8) is 0 Å². The molecule has 0 bridgehead atoms. The van der Waals surface area contributed by atoms with E-state index in [1.54, 1.807) is 0 Å². The van der Waals surface area contributed by atoms with Crippen LogP contribution < -0.4 is 15.4 Å². The Bertz CT molecular complexity index is 1010. The number of hydrogen-bond acceptors (Lipinski definition) is 6. The van der Waals surface area contributed by atoms with Crippen molar-refractivity contribution in [2.75, 3.05) is 23.0 Å². The zero-order chi connectivity index (χ0) is 22.1. The van der Waals surface area contributed by atoms with Crippen molar-refractivity contribution in [2.45, 2.75) is 19.1 Å². The van der Waals surface area contributed by atoms with Crippen molar-refractivity contribution in [1.82, 2.24) is 4.98 Å². The van der Waals surface area contributed by atoms with Gasteiger partial charge in [-0.15, -0.1) is 23.1 Å². The summed E-state index contributed by atoms with van der Waals surface area (Å²) in [5.74, 6) is 0.904. The number of nitrogens with zero attached hydrogens (tertiary/aromatic N) is 1. The van der Waals surface area contributed by atoms with Gasteiger partial charge in [-0.2, -0.15) is 0 Å². The number of benzene rings is 2. The molecule has 2 amide bonds. The van der Waals surface area contributed by atoms with Crippen LogP contribution in [-0.4, -0.2) is 29.2 Å². The Labute approximate surface area is 188 Å². The minimum absolute atomic E-state index is 0.142. The Morgan fingerprint density at radius 3 is 2.52 bits per heavy atom. The van der Waals surface area contributed by atoms with E-state index in [0.29, 0.717) is 23.2 Å². The van der Waals surface area contributed by atoms with Crippen LogP contribution in [0.15, 0.2) is 53.9 Å². The number of carbonyl (C=O) groups excluding carboxylic acids is 2. The minimum Gasteiger partial charge on any atom is -0.494 e. The Morgan fingerprint density at radius 2 is 1.81 bits per heavy atom. The first-order valence-electron chi connectivity index (χ1n) is 9.61. The zero-order valence-corrected chi connectivity index (χ0v) is 18.5. The summed E-state index contributed by atoms with van der Waals surface area (Å²) in [6.45, 7) is 2.52. The maximum atomic E-state index is 12.9. The predicted molar refractivity (Wildman–Crippen MR) is 123 cm³/mol. The highest BCUT2D eigenvalue weighted by atomic mass is 32.2. The van der Waals surface area contributed by atoms with E-state index >= 15 is 0 Å². The monoisotopic (exact) mass is 459 g/mol. The van der Waals surface area contributed by atoms with Gasteiger partial charge in [0.1, 0.15) is 11.6 Å². The molecule has 31 heavy (non-hydrogen) atoms. The fourth-order valence-corrected chi connectivity index (χ4v) is 4.18. The largest absolute Gasteiger partial charge is 0.494 e. The van der Waals surface area contributed by atoms with Crippen molar-refractivity contribution in [1.29, 1.82) is 0 Å². The summed E-state index contributed by atoms with van der Waals surface area (Å²) >= 11 is 2.76. The molecule has 6 nitrogen and oxygen atoms in total. The van der Waals surface area contributed by atoms with E-state index in [9.17, 15) is 14.0 Å². The lowest BCUT2D eigenvalue weighted by atomic mass is 10.1. The van der Waals surface area contributed by atoms with Crippen LogP contribution in [0.2, 0.25) is 0 Å². The van der Waals surface area contributed by atoms with Gasteiger partial charge in [0.2, 0.25) is 11.8 Å². The van der Waals surface area contributed by atoms with Crippen LogP contribution in [0.3, 0.4) is 0 Å². The second-order valence-electron chi connectivity index (χ2n) is 6.49. The molecule has 0 atom stereocenters. The number of ether oxygens (including phenoxy) is 1. The molecule has 1 heterocycles. The Kier molecular flexibility index (Phi) is 8.43. The molecular weight excluding hydrogens is 437 g/mol. The molecule has 3 rings (SSSR count). The van der Waals surface area contributed by atoms with Gasteiger partial charge >= 0.3 is 0 Å². The average molecular weight is 460 g/mol. The summed E-state index contributed by atoms with van der Waals surface area (Å²) in [6, 6.07) is 13.0. The molecule has 2 N–H and O–H groups in total. The van der Waals surface area contributed by atoms with Gasteiger partial charge in [-0.1, -0.05) is 12.1 Å². The van der Waals surface area contributed by atoms with E-state index in [2.05, 4.69) is 15.6 Å². The van der Waals surface area contributed by atoms with Gasteiger partial charge in [0.25, 0.3) is 0 Å². The van der Waals surface area contributed by atoms with Gasteiger partial charge in [-0.3, -0.25) is 9.59 Å². The number of thiazole rings is 1. The zero-order valence-electron chi connectivity index (χ0n) is 16.9. The molecule has 0 saturated heterocycles. The highest BCUT2D eigenvalue weighted by molar-refractivity contribution is 7.99. The molecule has 0 unspecified atom stereocenters. The molecule has 1 aromatic heterocycles. The molecule has 0 aliphatic carbocycles. The van der Waals surface area contributed by atoms with Crippen molar-refractivity contribution >= 4 is 45.7 Å². The first-order valence-corrected chi connectivity index (χ1v) is 11.6. The van der Waals surface area contributed by atoms with E-state index in [-0.39, 0.29) is 29.8 Å². The number of carbonyl (C=O) groups is 2. The van der Waals surface area contributed by atoms with Crippen LogP contribution in [0.4, 0.5) is 15.2 Å². The molecular formula is C22H22FN3O3S2. The van der Waals surface area contributed by atoms with Gasteiger partial charge in [-0.05, 0) is 48.9 Å². The third-order valence-corrected chi connectivity index (χ3v) is 5.78. The first-order chi connectivity index (χ1) is 15.0. The van der Waals surface area contributed by atoms with Gasteiger partial charge in [0.15, 0.2) is 5.13 Å². The minimum atomic E-state index is -0.349. The highest BCUT2D eigenvalue weighted by Crippen LogP contribution is 2.20. The summed E-state index contributed by atoms with van der Waals surface area (Å²) in [5.41, 5.74) is 2.24. The fraction of sp³-hybridized carbons (Fsp3) is 0.227. The van der Waals surface area contributed by atoms with E-state index < -0.39 is 0 Å². The Balaban J connectivity index is 1.39. The third kappa shape index (κ3) is 7.69. The molecule has 162 valence electrons. The number of nitrogens with one attached hydrogen (secondary N) is 2. The van der Waals surface area contributed by atoms with Crippen LogP contribution in [0.5, 0.6) is 5.75 Å². The molecule has 3 aromatic rings. The molecule has 0 spiro atoms. The summed E-state index contributed by atoms with van der Waals surface area (Å²) in [4.78, 5) is 28.6. The van der Waals surface area contributed by atoms with E-state index in [0.717, 1.165) is 17.0 Å². The quantitative estimate of drug-likeness (QED) is 0.458. The summed E-state index contributed by atoms with van der Waals surface area (Å²) in [7, 11) is 0. The number of amides is 2. The number of thioether (sulfide) groups is 1. The van der Waals surface area contributed by atoms with Crippen molar-refractivity contribution in [3.05, 3.63) is 71.0 Å². The van der Waals surface area contributed by atoms with E-state index in [4.69, 9.17) is 4.74 Å². The topological polar surface area (TPSA) is 80.3 Å². The fourth-order valence-electron chi connectivity index (χ4n) is 2.63. The second-order valence-corrected chi connectivity index (χ2v) is 8.34. The number of halogens is 1. The molecule has 0 aliphatic heterocycles. The van der Waals surface area contributed by atoms with Crippen LogP contribution >= 0.6 is 23.1 Å². The molecule has 9 heteroatoms. The van der Waals surface area contributed by atoms with Crippen LogP contribution in [0, 0.1) is 5.82 Å².